The fraction of sp³-hybridized carbons (Fsp3) is 0.611. The average molecular weight is 426 g/mol. The SMILES string of the molecule is CCS(=O)(=O)N1CCN(CC(=O)N2CCN(c3ccccc3[N+](=O)[O-])CC2)CC1. The second-order valence-corrected chi connectivity index (χ2v) is 9.45. The Morgan fingerprint density at radius 3 is 2.24 bits per heavy atom. The molecule has 0 spiro atoms. The number of piperazine rings is 2. The number of para-hydroxylation sites is 2. The second kappa shape index (κ2) is 9.06. The normalized spacial score (nSPS) is 19.3. The van der Waals surface area contributed by atoms with Crippen molar-refractivity contribution >= 4 is 27.3 Å². The van der Waals surface area contributed by atoms with Crippen molar-refractivity contribution in [2.24, 2.45) is 0 Å². The molecule has 0 saturated carbocycles. The molecule has 2 aliphatic rings. The summed E-state index contributed by atoms with van der Waals surface area (Å²) >= 11 is 0. The number of hydrogen-bond donors (Lipinski definition) is 0. The van der Waals surface area contributed by atoms with Crippen molar-refractivity contribution in [1.82, 2.24) is 14.1 Å². The zero-order valence-corrected chi connectivity index (χ0v) is 17.4. The summed E-state index contributed by atoms with van der Waals surface area (Å²) in [5.74, 6) is 0.106. The van der Waals surface area contributed by atoms with E-state index in [9.17, 15) is 23.3 Å². The number of nitro benzene ring substituents is 1. The lowest BCUT2D eigenvalue weighted by atomic mass is 10.2. The van der Waals surface area contributed by atoms with E-state index in [1.807, 2.05) is 9.80 Å². The van der Waals surface area contributed by atoms with Gasteiger partial charge in [-0.25, -0.2) is 8.42 Å². The average Bonchev–Trinajstić information content (AvgIpc) is 2.74. The predicted molar refractivity (Wildman–Crippen MR) is 109 cm³/mol. The minimum absolute atomic E-state index is 0.0130. The maximum Gasteiger partial charge on any atom is 0.292 e. The number of rotatable bonds is 6. The Labute approximate surface area is 170 Å². The van der Waals surface area contributed by atoms with Crippen molar-refractivity contribution < 1.29 is 18.1 Å². The monoisotopic (exact) mass is 425 g/mol. The van der Waals surface area contributed by atoms with E-state index in [1.54, 1.807) is 30.0 Å². The van der Waals surface area contributed by atoms with Gasteiger partial charge in [-0.2, -0.15) is 4.31 Å². The molecule has 29 heavy (non-hydrogen) atoms. The minimum atomic E-state index is -3.18. The molecule has 1 aromatic carbocycles. The second-order valence-electron chi connectivity index (χ2n) is 7.19. The first-order chi connectivity index (χ1) is 13.8. The van der Waals surface area contributed by atoms with Gasteiger partial charge in [0, 0.05) is 58.4 Å². The molecule has 0 bridgehead atoms. The molecule has 160 valence electrons. The van der Waals surface area contributed by atoms with Gasteiger partial charge in [0.15, 0.2) is 0 Å². The predicted octanol–water partition coefficient (Wildman–Crippen LogP) is 0.211. The van der Waals surface area contributed by atoms with Crippen molar-refractivity contribution in [3.8, 4) is 0 Å². The zero-order valence-electron chi connectivity index (χ0n) is 16.6. The topological polar surface area (TPSA) is 107 Å². The Morgan fingerprint density at radius 2 is 1.66 bits per heavy atom. The molecule has 10 nitrogen and oxygen atoms in total. The molecule has 2 saturated heterocycles. The van der Waals surface area contributed by atoms with Crippen LogP contribution in [0.4, 0.5) is 11.4 Å². The highest BCUT2D eigenvalue weighted by atomic mass is 32.2. The van der Waals surface area contributed by atoms with E-state index >= 15 is 0 Å². The lowest BCUT2D eigenvalue weighted by Gasteiger charge is -2.38. The summed E-state index contributed by atoms with van der Waals surface area (Å²) in [6, 6.07) is 6.65. The van der Waals surface area contributed by atoms with Crippen molar-refractivity contribution in [2.45, 2.75) is 6.92 Å². The standard InChI is InChI=1S/C18H27N5O5S/c1-2-29(27,28)22-13-7-19(8-14-22)15-18(24)21-11-9-20(10-12-21)16-5-3-4-6-17(16)23(25)26/h3-6H,2,7-15H2,1H3. The van der Waals surface area contributed by atoms with Gasteiger partial charge in [0.1, 0.15) is 5.69 Å². The Balaban J connectivity index is 1.49. The van der Waals surface area contributed by atoms with E-state index in [-0.39, 0.29) is 28.8 Å². The molecule has 3 rings (SSSR count). The van der Waals surface area contributed by atoms with Crippen molar-refractivity contribution in [3.63, 3.8) is 0 Å². The lowest BCUT2D eigenvalue weighted by Crippen LogP contribution is -2.54. The number of hydrogen-bond acceptors (Lipinski definition) is 7. The molecule has 2 heterocycles. The summed E-state index contributed by atoms with van der Waals surface area (Å²) in [4.78, 5) is 29.2. The summed E-state index contributed by atoms with van der Waals surface area (Å²) < 4.78 is 25.3. The summed E-state index contributed by atoms with van der Waals surface area (Å²) in [6.45, 7) is 5.91. The maximum atomic E-state index is 12.6. The van der Waals surface area contributed by atoms with Crippen LogP contribution >= 0.6 is 0 Å². The van der Waals surface area contributed by atoms with Gasteiger partial charge in [0.2, 0.25) is 15.9 Å². The molecule has 11 heteroatoms. The van der Waals surface area contributed by atoms with Crippen molar-refractivity contribution in [2.75, 3.05) is 69.6 Å². The summed E-state index contributed by atoms with van der Waals surface area (Å²) in [5.41, 5.74) is 0.657. The van der Waals surface area contributed by atoms with Gasteiger partial charge in [-0.1, -0.05) is 12.1 Å². The van der Waals surface area contributed by atoms with Crippen LogP contribution in [0.3, 0.4) is 0 Å². The fourth-order valence-electron chi connectivity index (χ4n) is 3.72. The van der Waals surface area contributed by atoms with Crippen LogP contribution < -0.4 is 4.90 Å². The fourth-order valence-corrected chi connectivity index (χ4v) is 4.81. The Hall–Kier alpha value is -2.24. The van der Waals surface area contributed by atoms with Crippen LogP contribution in [0.5, 0.6) is 0 Å². The summed E-state index contributed by atoms with van der Waals surface area (Å²) in [6.07, 6.45) is 0. The molecule has 0 atom stereocenters. The number of sulfonamides is 1. The molecule has 1 aromatic rings. The lowest BCUT2D eigenvalue weighted by molar-refractivity contribution is -0.384. The Morgan fingerprint density at radius 1 is 1.03 bits per heavy atom. The summed E-state index contributed by atoms with van der Waals surface area (Å²) in [7, 11) is -3.18. The van der Waals surface area contributed by atoms with Crippen molar-refractivity contribution in [1.29, 1.82) is 0 Å². The van der Waals surface area contributed by atoms with Crippen LogP contribution in [0.2, 0.25) is 0 Å². The Bertz CT molecular complexity index is 846. The highest BCUT2D eigenvalue weighted by molar-refractivity contribution is 7.89. The van der Waals surface area contributed by atoms with Crippen molar-refractivity contribution in [3.05, 3.63) is 34.4 Å². The molecule has 0 N–H and O–H groups in total. The molecular formula is C18H27N5O5S. The van der Waals surface area contributed by atoms with Gasteiger partial charge in [-0.3, -0.25) is 19.8 Å². The first kappa shape index (κ1) is 21.5. The van der Waals surface area contributed by atoms with Crippen LogP contribution in [0.15, 0.2) is 24.3 Å². The van der Waals surface area contributed by atoms with Gasteiger partial charge < -0.3 is 9.80 Å². The molecule has 0 radical (unpaired) electrons. The number of carbonyl (C=O) groups is 1. The van der Waals surface area contributed by atoms with E-state index < -0.39 is 10.0 Å². The van der Waals surface area contributed by atoms with E-state index in [4.69, 9.17) is 0 Å². The minimum Gasteiger partial charge on any atom is -0.362 e. The number of nitrogens with zero attached hydrogens (tertiary/aromatic N) is 5. The number of carbonyl (C=O) groups excluding carboxylic acids is 1. The molecule has 0 aliphatic carbocycles. The first-order valence-electron chi connectivity index (χ1n) is 9.78. The molecule has 1 amide bonds. The third kappa shape index (κ3) is 5.03. The van der Waals surface area contributed by atoms with E-state index in [2.05, 4.69) is 0 Å². The number of anilines is 1. The largest absolute Gasteiger partial charge is 0.362 e. The van der Waals surface area contributed by atoms with E-state index in [0.717, 1.165) is 0 Å². The first-order valence-corrected chi connectivity index (χ1v) is 11.4. The van der Waals surface area contributed by atoms with Gasteiger partial charge in [0.25, 0.3) is 5.69 Å². The van der Waals surface area contributed by atoms with Gasteiger partial charge >= 0.3 is 0 Å². The third-order valence-electron chi connectivity index (χ3n) is 5.50. The highest BCUT2D eigenvalue weighted by Crippen LogP contribution is 2.28. The van der Waals surface area contributed by atoms with Crippen LogP contribution in [0, 0.1) is 10.1 Å². The van der Waals surface area contributed by atoms with Crippen LogP contribution in [0.25, 0.3) is 0 Å². The Kier molecular flexibility index (Phi) is 6.70. The number of amides is 1. The van der Waals surface area contributed by atoms with E-state index in [0.29, 0.717) is 58.0 Å². The van der Waals surface area contributed by atoms with Gasteiger partial charge in [-0.15, -0.1) is 0 Å². The summed E-state index contributed by atoms with van der Waals surface area (Å²) in [5, 5.41) is 11.2. The number of nitro groups is 1. The molecular weight excluding hydrogens is 398 g/mol. The third-order valence-corrected chi connectivity index (χ3v) is 7.38. The quantitative estimate of drug-likeness (QED) is 0.474. The molecule has 2 aliphatic heterocycles. The molecule has 2 fully saturated rings. The van der Waals surface area contributed by atoms with Crippen LogP contribution in [-0.2, 0) is 14.8 Å². The molecule has 0 aromatic heterocycles. The number of benzene rings is 1. The highest BCUT2D eigenvalue weighted by Gasteiger charge is 2.29. The van der Waals surface area contributed by atoms with E-state index in [1.165, 1.54) is 10.4 Å². The zero-order chi connectivity index (χ0) is 21.0. The van der Waals surface area contributed by atoms with Gasteiger partial charge in [-0.05, 0) is 13.0 Å². The van der Waals surface area contributed by atoms with Crippen LogP contribution in [-0.4, -0.2) is 98.0 Å². The smallest absolute Gasteiger partial charge is 0.292 e. The van der Waals surface area contributed by atoms with Crippen LogP contribution in [0.1, 0.15) is 6.92 Å². The molecule has 0 unspecified atom stereocenters. The van der Waals surface area contributed by atoms with Gasteiger partial charge in [0.05, 0.1) is 17.2 Å². The maximum absolute atomic E-state index is 12.6.